The van der Waals surface area contributed by atoms with Crippen molar-refractivity contribution in [1.29, 1.82) is 0 Å². The molecule has 0 saturated carbocycles. The van der Waals surface area contributed by atoms with E-state index in [1.54, 1.807) is 7.11 Å². The maximum atomic E-state index is 13.2. The normalized spacial score (nSPS) is 11.5. The largest absolute Gasteiger partial charge is 0.494 e. The molecule has 0 aliphatic rings. The van der Waals surface area contributed by atoms with Crippen LogP contribution in [0.4, 0.5) is 0 Å². The fraction of sp³-hybridized carbons (Fsp3) is 0.321. The quantitative estimate of drug-likeness (QED) is 0.0315. The van der Waals surface area contributed by atoms with Gasteiger partial charge in [0.05, 0.1) is 56.9 Å². The molecule has 0 spiro atoms. The van der Waals surface area contributed by atoms with Crippen LogP contribution in [-0.4, -0.2) is 80.2 Å². The maximum absolute atomic E-state index is 13.2. The van der Waals surface area contributed by atoms with Gasteiger partial charge in [0.1, 0.15) is 23.0 Å². The second kappa shape index (κ2) is 23.1. The van der Waals surface area contributed by atoms with E-state index in [0.717, 1.165) is 105 Å². The second-order valence-corrected chi connectivity index (χ2v) is 17.1. The molecule has 8 rings (SSSR count). The molecular formula is C56H61N3O8. The van der Waals surface area contributed by atoms with Crippen LogP contribution >= 0.6 is 0 Å². The first-order valence-corrected chi connectivity index (χ1v) is 23.4. The minimum Gasteiger partial charge on any atom is -0.494 e. The fourth-order valence-electron chi connectivity index (χ4n) is 8.55. The summed E-state index contributed by atoms with van der Waals surface area (Å²) in [5, 5.41) is 4.30. The molecule has 2 heterocycles. The van der Waals surface area contributed by atoms with Crippen molar-refractivity contribution in [2.45, 2.75) is 64.6 Å². The molecule has 0 atom stereocenters. The van der Waals surface area contributed by atoms with Gasteiger partial charge in [0.15, 0.2) is 0 Å². The van der Waals surface area contributed by atoms with Crippen LogP contribution in [-0.2, 0) is 45.1 Å². The lowest BCUT2D eigenvalue weighted by molar-refractivity contribution is -0.159. The Morgan fingerprint density at radius 3 is 1.31 bits per heavy atom. The molecule has 11 heteroatoms. The molecule has 67 heavy (non-hydrogen) atoms. The summed E-state index contributed by atoms with van der Waals surface area (Å²) in [6.45, 7) is 4.62. The smallest absolute Gasteiger partial charge is 0.315 e. The molecule has 0 unspecified atom stereocenters. The van der Waals surface area contributed by atoms with Crippen LogP contribution in [0.15, 0.2) is 133 Å². The number of fused-ring (bicyclic) bond motifs is 6. The van der Waals surface area contributed by atoms with Crippen LogP contribution in [0.5, 0.6) is 23.0 Å². The van der Waals surface area contributed by atoms with Gasteiger partial charge in [-0.25, -0.2) is 0 Å². The van der Waals surface area contributed by atoms with Crippen LogP contribution in [0.1, 0.15) is 49.7 Å². The van der Waals surface area contributed by atoms with Crippen LogP contribution in [0, 0.1) is 0 Å². The number of hydrogen-bond donors (Lipinski definition) is 0. The highest BCUT2D eigenvalue weighted by Crippen LogP contribution is 2.34. The van der Waals surface area contributed by atoms with Crippen LogP contribution in [0.2, 0.25) is 0 Å². The van der Waals surface area contributed by atoms with E-state index < -0.39 is 11.9 Å². The number of carbonyl (C=O) groups is 2. The number of rotatable bonds is 25. The number of esters is 2. The molecule has 0 radical (unpaired) electrons. The predicted molar refractivity (Wildman–Crippen MR) is 266 cm³/mol. The van der Waals surface area contributed by atoms with E-state index in [4.69, 9.17) is 28.4 Å². The number of methoxy groups -OCH3 is 1. The van der Waals surface area contributed by atoms with Crippen LogP contribution in [0.25, 0.3) is 43.6 Å². The third-order valence-electron chi connectivity index (χ3n) is 11.9. The van der Waals surface area contributed by atoms with Crippen LogP contribution in [0.3, 0.4) is 0 Å². The highest BCUT2D eigenvalue weighted by molar-refractivity contribution is 6.09. The number of carbonyl (C=O) groups excluding carboxylic acids is 2. The van der Waals surface area contributed by atoms with E-state index in [1.807, 2.05) is 84.9 Å². The van der Waals surface area contributed by atoms with Gasteiger partial charge in [0.25, 0.3) is 0 Å². The standard InChI is InChI=1S/C56H61N3O8/c1-57(2)40-42-18-22-44(23-19-42)64-34-9-11-36-66-46-25-27-50-48-13-5-7-15-52(48)59(54(50)39-46)32-29-56(61)67-55(60)28-31-58-51-14-6-4-12-47(51)49-26-24-45(38-53(49)58)65-35-10-8-33-63-43-20-16-41(17-21-43)30-37-62-3/h4-7,12-27,38-39H,8-11,28-37,40H2,1-3H3. The van der Waals surface area contributed by atoms with Gasteiger partial charge < -0.3 is 42.5 Å². The van der Waals surface area contributed by atoms with Crippen molar-refractivity contribution >= 4 is 55.6 Å². The lowest BCUT2D eigenvalue weighted by atomic mass is 10.1. The summed E-state index contributed by atoms with van der Waals surface area (Å²) in [5.41, 5.74) is 6.39. The Labute approximate surface area is 392 Å². The van der Waals surface area contributed by atoms with Crippen molar-refractivity contribution < 1.29 is 38.0 Å². The first-order valence-electron chi connectivity index (χ1n) is 23.4. The molecule has 0 N–H and O–H groups in total. The van der Waals surface area contributed by atoms with Gasteiger partial charge in [-0.2, -0.15) is 0 Å². The van der Waals surface area contributed by atoms with E-state index in [2.05, 4.69) is 76.7 Å². The summed E-state index contributed by atoms with van der Waals surface area (Å²) in [5.74, 6) is 2.12. The molecule has 0 aliphatic carbocycles. The second-order valence-electron chi connectivity index (χ2n) is 17.1. The maximum Gasteiger partial charge on any atom is 0.315 e. The summed E-state index contributed by atoms with van der Waals surface area (Å²) in [6, 6.07) is 44.8. The Balaban J connectivity index is 0.817. The summed E-state index contributed by atoms with van der Waals surface area (Å²) >= 11 is 0. The number of aryl methyl sites for hydroxylation is 2. The zero-order valence-corrected chi connectivity index (χ0v) is 38.9. The molecule has 8 aromatic rings. The van der Waals surface area contributed by atoms with Gasteiger partial charge in [-0.15, -0.1) is 0 Å². The van der Waals surface area contributed by atoms with E-state index in [-0.39, 0.29) is 12.8 Å². The molecule has 348 valence electrons. The first kappa shape index (κ1) is 46.7. The highest BCUT2D eigenvalue weighted by Gasteiger charge is 2.18. The Bertz CT molecular complexity index is 2880. The molecule has 0 amide bonds. The summed E-state index contributed by atoms with van der Waals surface area (Å²) in [7, 11) is 5.83. The lowest BCUT2D eigenvalue weighted by Gasteiger charge is -2.11. The topological polar surface area (TPSA) is 103 Å². The Hall–Kier alpha value is -6.82. The molecule has 0 saturated heterocycles. The number of nitrogens with zero attached hydrogens (tertiary/aromatic N) is 3. The number of unbranched alkanes of at least 4 members (excludes halogenated alkanes) is 2. The van der Waals surface area contributed by atoms with E-state index in [0.29, 0.717) is 46.1 Å². The average Bonchev–Trinajstić information content (AvgIpc) is 3.83. The van der Waals surface area contributed by atoms with Crippen molar-refractivity contribution in [2.24, 2.45) is 0 Å². The molecule has 0 fully saturated rings. The zero-order valence-electron chi connectivity index (χ0n) is 38.9. The van der Waals surface area contributed by atoms with Crippen molar-refractivity contribution in [3.8, 4) is 23.0 Å². The fourth-order valence-corrected chi connectivity index (χ4v) is 8.55. The first-order chi connectivity index (χ1) is 32.8. The zero-order chi connectivity index (χ0) is 46.4. The van der Waals surface area contributed by atoms with Gasteiger partial charge in [-0.3, -0.25) is 9.59 Å². The SMILES string of the molecule is COCCc1ccc(OCCCCOc2ccc3c4ccccc4n(CCC(=O)OC(=O)CCn4c5ccccc5c5ccc(OCCCCOc6ccc(CN(C)C)cc6)cc54)c3c2)cc1. The third kappa shape index (κ3) is 12.3. The molecular weight excluding hydrogens is 843 g/mol. The number of ether oxygens (including phenoxy) is 6. The number of benzene rings is 6. The summed E-state index contributed by atoms with van der Waals surface area (Å²) in [4.78, 5) is 28.6. The number of para-hydroxylation sites is 2. The van der Waals surface area contributed by atoms with Crippen molar-refractivity contribution in [3.63, 3.8) is 0 Å². The summed E-state index contributed by atoms with van der Waals surface area (Å²) in [6.07, 6.45) is 4.35. The van der Waals surface area contributed by atoms with Gasteiger partial charge in [0, 0.05) is 71.5 Å². The molecule has 2 aromatic heterocycles. The number of aromatic nitrogens is 2. The van der Waals surface area contributed by atoms with Crippen LogP contribution < -0.4 is 18.9 Å². The van der Waals surface area contributed by atoms with E-state index in [1.165, 1.54) is 11.1 Å². The lowest BCUT2D eigenvalue weighted by Crippen LogP contribution is -2.16. The monoisotopic (exact) mass is 903 g/mol. The summed E-state index contributed by atoms with van der Waals surface area (Å²) < 4.78 is 39.1. The molecule has 11 nitrogen and oxygen atoms in total. The van der Waals surface area contributed by atoms with Crippen molar-refractivity contribution in [1.82, 2.24) is 14.0 Å². The molecule has 6 aromatic carbocycles. The molecule has 0 bridgehead atoms. The van der Waals surface area contributed by atoms with Crippen molar-refractivity contribution in [2.75, 3.05) is 54.2 Å². The van der Waals surface area contributed by atoms with Gasteiger partial charge in [-0.1, -0.05) is 60.7 Å². The Morgan fingerprint density at radius 2 is 0.866 bits per heavy atom. The molecule has 0 aliphatic heterocycles. The van der Waals surface area contributed by atoms with Gasteiger partial charge in [0.2, 0.25) is 0 Å². The number of hydrogen-bond acceptors (Lipinski definition) is 9. The minimum atomic E-state index is -0.561. The predicted octanol–water partition coefficient (Wildman–Crippen LogP) is 11.2. The third-order valence-corrected chi connectivity index (χ3v) is 11.9. The highest BCUT2D eigenvalue weighted by atomic mass is 16.6. The van der Waals surface area contributed by atoms with Gasteiger partial charge in [-0.05, 0) is 118 Å². The Morgan fingerprint density at radius 1 is 0.463 bits per heavy atom. The Kier molecular flexibility index (Phi) is 16.1. The van der Waals surface area contributed by atoms with E-state index in [9.17, 15) is 9.59 Å². The van der Waals surface area contributed by atoms with Crippen molar-refractivity contribution in [3.05, 3.63) is 145 Å². The minimum absolute atomic E-state index is 0.0346. The average molecular weight is 904 g/mol. The van der Waals surface area contributed by atoms with Gasteiger partial charge >= 0.3 is 11.9 Å². The van der Waals surface area contributed by atoms with E-state index >= 15 is 0 Å².